The SMILES string of the molecule is CSC(C)C(=O)NCCC1CCNC1.Cl. The van der Waals surface area contributed by atoms with Gasteiger partial charge in [0.05, 0.1) is 5.25 Å². The average molecular weight is 253 g/mol. The van der Waals surface area contributed by atoms with E-state index in [1.54, 1.807) is 11.8 Å². The van der Waals surface area contributed by atoms with Crippen LogP contribution < -0.4 is 10.6 Å². The molecule has 3 nitrogen and oxygen atoms in total. The molecule has 0 radical (unpaired) electrons. The van der Waals surface area contributed by atoms with Crippen LogP contribution >= 0.6 is 24.2 Å². The molecule has 2 atom stereocenters. The number of amides is 1. The highest BCUT2D eigenvalue weighted by atomic mass is 35.5. The molecule has 0 aromatic carbocycles. The predicted octanol–water partition coefficient (Wildman–Crippen LogP) is 1.28. The zero-order valence-corrected chi connectivity index (χ0v) is 11.0. The van der Waals surface area contributed by atoms with Crippen molar-refractivity contribution in [3.63, 3.8) is 0 Å². The van der Waals surface area contributed by atoms with Crippen molar-refractivity contribution in [1.29, 1.82) is 0 Å². The second-order valence-corrected chi connectivity index (χ2v) is 4.99. The fraction of sp³-hybridized carbons (Fsp3) is 0.900. The Morgan fingerprint density at radius 3 is 2.93 bits per heavy atom. The molecule has 5 heteroatoms. The third-order valence-corrected chi connectivity index (χ3v) is 3.66. The minimum atomic E-state index is 0. The number of hydrogen-bond donors (Lipinski definition) is 2. The van der Waals surface area contributed by atoms with Gasteiger partial charge in [-0.1, -0.05) is 0 Å². The molecule has 1 saturated heterocycles. The average Bonchev–Trinajstić information content (AvgIpc) is 2.69. The van der Waals surface area contributed by atoms with Gasteiger partial charge in [0.25, 0.3) is 0 Å². The molecule has 0 aromatic heterocycles. The van der Waals surface area contributed by atoms with E-state index in [9.17, 15) is 4.79 Å². The molecule has 1 rings (SSSR count). The summed E-state index contributed by atoms with van der Waals surface area (Å²) >= 11 is 1.59. The Morgan fingerprint density at radius 2 is 2.40 bits per heavy atom. The van der Waals surface area contributed by atoms with Gasteiger partial charge in [-0.3, -0.25) is 4.79 Å². The van der Waals surface area contributed by atoms with Gasteiger partial charge in [0.2, 0.25) is 5.91 Å². The van der Waals surface area contributed by atoms with Crippen LogP contribution in [0.15, 0.2) is 0 Å². The number of carbonyl (C=O) groups excluding carboxylic acids is 1. The van der Waals surface area contributed by atoms with Gasteiger partial charge in [-0.05, 0) is 45.0 Å². The van der Waals surface area contributed by atoms with E-state index in [-0.39, 0.29) is 23.6 Å². The molecular formula is C10H21ClN2OS. The maximum Gasteiger partial charge on any atom is 0.232 e. The van der Waals surface area contributed by atoms with E-state index in [0.717, 1.165) is 32.0 Å². The molecule has 0 saturated carbocycles. The van der Waals surface area contributed by atoms with Crippen molar-refractivity contribution in [1.82, 2.24) is 10.6 Å². The first-order valence-corrected chi connectivity index (χ1v) is 6.54. The molecule has 90 valence electrons. The van der Waals surface area contributed by atoms with Crippen LogP contribution in [-0.2, 0) is 4.79 Å². The summed E-state index contributed by atoms with van der Waals surface area (Å²) in [6.07, 6.45) is 4.33. The van der Waals surface area contributed by atoms with Crippen LogP contribution in [0.25, 0.3) is 0 Å². The molecular weight excluding hydrogens is 232 g/mol. The number of thioether (sulfide) groups is 1. The zero-order valence-electron chi connectivity index (χ0n) is 9.41. The van der Waals surface area contributed by atoms with Gasteiger partial charge in [-0.25, -0.2) is 0 Å². The summed E-state index contributed by atoms with van der Waals surface area (Å²) in [6, 6.07) is 0. The van der Waals surface area contributed by atoms with E-state index in [4.69, 9.17) is 0 Å². The first-order chi connectivity index (χ1) is 6.74. The second-order valence-electron chi connectivity index (χ2n) is 3.82. The largest absolute Gasteiger partial charge is 0.355 e. The molecule has 0 bridgehead atoms. The van der Waals surface area contributed by atoms with Crippen molar-refractivity contribution in [2.45, 2.75) is 25.0 Å². The molecule has 1 fully saturated rings. The van der Waals surface area contributed by atoms with Gasteiger partial charge in [0.15, 0.2) is 0 Å². The summed E-state index contributed by atoms with van der Waals surface area (Å²) in [7, 11) is 0. The number of hydrogen-bond acceptors (Lipinski definition) is 3. The van der Waals surface area contributed by atoms with Crippen LogP contribution in [0.1, 0.15) is 19.8 Å². The summed E-state index contributed by atoms with van der Waals surface area (Å²) in [5.41, 5.74) is 0. The third-order valence-electron chi connectivity index (χ3n) is 2.74. The number of rotatable bonds is 5. The maximum absolute atomic E-state index is 11.4. The monoisotopic (exact) mass is 252 g/mol. The van der Waals surface area contributed by atoms with Crippen LogP contribution in [0.5, 0.6) is 0 Å². The molecule has 1 aliphatic rings. The van der Waals surface area contributed by atoms with Gasteiger partial charge < -0.3 is 10.6 Å². The van der Waals surface area contributed by atoms with Crippen LogP contribution in [-0.4, -0.2) is 37.0 Å². The zero-order chi connectivity index (χ0) is 10.4. The molecule has 0 aromatic rings. The highest BCUT2D eigenvalue weighted by Gasteiger charge is 2.15. The topological polar surface area (TPSA) is 41.1 Å². The summed E-state index contributed by atoms with van der Waals surface area (Å²) < 4.78 is 0. The van der Waals surface area contributed by atoms with E-state index >= 15 is 0 Å². The van der Waals surface area contributed by atoms with Crippen LogP contribution in [0.2, 0.25) is 0 Å². The first-order valence-electron chi connectivity index (χ1n) is 5.25. The minimum absolute atomic E-state index is 0. The van der Waals surface area contributed by atoms with Crippen molar-refractivity contribution in [3.05, 3.63) is 0 Å². The van der Waals surface area contributed by atoms with E-state index in [2.05, 4.69) is 10.6 Å². The summed E-state index contributed by atoms with van der Waals surface area (Å²) in [6.45, 7) is 5.03. The van der Waals surface area contributed by atoms with Crippen molar-refractivity contribution in [3.8, 4) is 0 Å². The summed E-state index contributed by atoms with van der Waals surface area (Å²) in [5, 5.41) is 6.38. The van der Waals surface area contributed by atoms with E-state index in [1.165, 1.54) is 6.42 Å². The number of nitrogens with one attached hydrogen (secondary N) is 2. The standard InChI is InChI=1S/C10H20N2OS.ClH/c1-8(14-2)10(13)12-6-4-9-3-5-11-7-9;/h8-9,11H,3-7H2,1-2H3,(H,12,13);1H. The van der Waals surface area contributed by atoms with Crippen LogP contribution in [0, 0.1) is 5.92 Å². The third kappa shape index (κ3) is 5.64. The highest BCUT2D eigenvalue weighted by Crippen LogP contribution is 2.11. The Labute approximate surface area is 103 Å². The van der Waals surface area contributed by atoms with Crippen molar-refractivity contribution in [2.24, 2.45) is 5.92 Å². The predicted molar refractivity (Wildman–Crippen MR) is 68.8 cm³/mol. The fourth-order valence-corrected chi connectivity index (χ4v) is 1.91. The number of halogens is 1. The summed E-state index contributed by atoms with van der Waals surface area (Å²) in [5.74, 6) is 0.934. The molecule has 2 N–H and O–H groups in total. The highest BCUT2D eigenvalue weighted by molar-refractivity contribution is 7.99. The van der Waals surface area contributed by atoms with E-state index in [1.807, 2.05) is 13.2 Å². The Hall–Kier alpha value is 0.0700. The van der Waals surface area contributed by atoms with Crippen LogP contribution in [0.3, 0.4) is 0 Å². The molecule has 0 spiro atoms. The lowest BCUT2D eigenvalue weighted by Crippen LogP contribution is -2.32. The van der Waals surface area contributed by atoms with Gasteiger partial charge in [0, 0.05) is 6.54 Å². The Morgan fingerprint density at radius 1 is 1.67 bits per heavy atom. The molecule has 2 unspecified atom stereocenters. The Bertz CT molecular complexity index is 186. The normalized spacial score (nSPS) is 21.9. The number of carbonyl (C=O) groups is 1. The van der Waals surface area contributed by atoms with Gasteiger partial charge in [-0.15, -0.1) is 12.4 Å². The smallest absolute Gasteiger partial charge is 0.232 e. The molecule has 15 heavy (non-hydrogen) atoms. The minimum Gasteiger partial charge on any atom is -0.355 e. The van der Waals surface area contributed by atoms with E-state index < -0.39 is 0 Å². The van der Waals surface area contributed by atoms with Gasteiger partial charge >= 0.3 is 0 Å². The molecule has 0 aliphatic carbocycles. The van der Waals surface area contributed by atoms with Gasteiger partial charge in [0.1, 0.15) is 0 Å². The second kappa shape index (κ2) is 8.25. The fourth-order valence-electron chi connectivity index (χ4n) is 1.61. The van der Waals surface area contributed by atoms with E-state index in [0.29, 0.717) is 0 Å². The van der Waals surface area contributed by atoms with Gasteiger partial charge in [-0.2, -0.15) is 11.8 Å². The Balaban J connectivity index is 0.00000196. The Kier molecular flexibility index (Phi) is 8.29. The molecule has 1 aliphatic heterocycles. The molecule has 1 amide bonds. The first kappa shape index (κ1) is 15.1. The maximum atomic E-state index is 11.4. The van der Waals surface area contributed by atoms with Crippen LogP contribution in [0.4, 0.5) is 0 Å². The molecule has 1 heterocycles. The quantitative estimate of drug-likeness (QED) is 0.775. The lowest BCUT2D eigenvalue weighted by molar-refractivity contribution is -0.120. The summed E-state index contributed by atoms with van der Waals surface area (Å²) in [4.78, 5) is 11.4. The lowest BCUT2D eigenvalue weighted by atomic mass is 10.1. The van der Waals surface area contributed by atoms with Crippen molar-refractivity contribution in [2.75, 3.05) is 25.9 Å². The van der Waals surface area contributed by atoms with Crippen molar-refractivity contribution < 1.29 is 4.79 Å². The van der Waals surface area contributed by atoms with Crippen molar-refractivity contribution >= 4 is 30.1 Å². The lowest BCUT2D eigenvalue weighted by Gasteiger charge is -2.11.